The fraction of sp³-hybridized carbons (Fsp3) is 0.583. The first-order valence-electron chi connectivity index (χ1n) is 5.48. The van der Waals surface area contributed by atoms with Crippen LogP contribution in [0.1, 0.15) is 37.4 Å². The first-order chi connectivity index (χ1) is 7.31. The van der Waals surface area contributed by atoms with Gasteiger partial charge in [-0.15, -0.1) is 0 Å². The number of pyridine rings is 1. The SMILES string of the molecule is COc1cncc(C(O)C2CCCC2)c1. The van der Waals surface area contributed by atoms with Crippen LogP contribution in [0.15, 0.2) is 18.5 Å². The second kappa shape index (κ2) is 4.62. The molecule has 1 aliphatic rings. The summed E-state index contributed by atoms with van der Waals surface area (Å²) in [6, 6.07) is 1.87. The number of nitrogens with zero attached hydrogens (tertiary/aromatic N) is 1. The Bertz CT molecular complexity index is 321. The molecular formula is C12H17NO2. The number of aliphatic hydroxyl groups excluding tert-OH is 1. The molecule has 3 nitrogen and oxygen atoms in total. The van der Waals surface area contributed by atoms with E-state index in [2.05, 4.69) is 4.98 Å². The molecule has 0 radical (unpaired) electrons. The summed E-state index contributed by atoms with van der Waals surface area (Å²) < 4.78 is 5.09. The normalized spacial score (nSPS) is 19.1. The Morgan fingerprint density at radius 3 is 2.80 bits per heavy atom. The van der Waals surface area contributed by atoms with E-state index in [9.17, 15) is 5.11 Å². The van der Waals surface area contributed by atoms with E-state index in [1.165, 1.54) is 12.8 Å². The van der Waals surface area contributed by atoms with Gasteiger partial charge in [-0.1, -0.05) is 12.8 Å². The Morgan fingerprint density at radius 2 is 2.13 bits per heavy atom. The van der Waals surface area contributed by atoms with Crippen molar-refractivity contribution in [2.75, 3.05) is 7.11 Å². The summed E-state index contributed by atoms with van der Waals surface area (Å²) in [7, 11) is 1.61. The lowest BCUT2D eigenvalue weighted by atomic mass is 9.95. The van der Waals surface area contributed by atoms with E-state index in [0.29, 0.717) is 11.7 Å². The first-order valence-corrected chi connectivity index (χ1v) is 5.48. The summed E-state index contributed by atoms with van der Waals surface area (Å²) in [5.41, 5.74) is 0.876. The molecule has 1 fully saturated rings. The van der Waals surface area contributed by atoms with Crippen LogP contribution in [0.25, 0.3) is 0 Å². The standard InChI is InChI=1S/C12H17NO2/c1-15-11-6-10(7-13-8-11)12(14)9-4-2-3-5-9/h6-9,12,14H,2-5H2,1H3. The van der Waals surface area contributed by atoms with Gasteiger partial charge in [0, 0.05) is 11.8 Å². The lowest BCUT2D eigenvalue weighted by Crippen LogP contribution is -2.09. The second-order valence-electron chi connectivity index (χ2n) is 4.15. The van der Waals surface area contributed by atoms with Crippen LogP contribution < -0.4 is 4.74 Å². The molecule has 1 atom stereocenters. The van der Waals surface area contributed by atoms with E-state index in [1.807, 2.05) is 6.07 Å². The van der Waals surface area contributed by atoms with E-state index in [1.54, 1.807) is 19.5 Å². The van der Waals surface area contributed by atoms with Gasteiger partial charge in [0.15, 0.2) is 0 Å². The predicted molar refractivity (Wildman–Crippen MR) is 57.7 cm³/mol. The molecule has 1 saturated carbocycles. The van der Waals surface area contributed by atoms with Crippen LogP contribution in [0.3, 0.4) is 0 Å². The maximum atomic E-state index is 10.1. The lowest BCUT2D eigenvalue weighted by molar-refractivity contribution is 0.111. The topological polar surface area (TPSA) is 42.4 Å². The third kappa shape index (κ3) is 2.29. The van der Waals surface area contributed by atoms with Crippen molar-refractivity contribution in [3.8, 4) is 5.75 Å². The van der Waals surface area contributed by atoms with Gasteiger partial charge in [0.2, 0.25) is 0 Å². The van der Waals surface area contributed by atoms with Gasteiger partial charge in [-0.25, -0.2) is 0 Å². The Hall–Kier alpha value is -1.09. The Balaban J connectivity index is 2.13. The molecule has 1 N–H and O–H groups in total. The number of methoxy groups -OCH3 is 1. The van der Waals surface area contributed by atoms with Crippen molar-refractivity contribution in [3.63, 3.8) is 0 Å². The number of aliphatic hydroxyl groups is 1. The summed E-state index contributed by atoms with van der Waals surface area (Å²) in [5, 5.41) is 10.1. The molecule has 0 saturated heterocycles. The Labute approximate surface area is 90.1 Å². The van der Waals surface area contributed by atoms with Gasteiger partial charge in [-0.05, 0) is 24.8 Å². The number of ether oxygens (including phenoxy) is 1. The van der Waals surface area contributed by atoms with E-state index < -0.39 is 0 Å². The molecule has 0 spiro atoms. The molecular weight excluding hydrogens is 190 g/mol. The third-order valence-electron chi connectivity index (χ3n) is 3.16. The van der Waals surface area contributed by atoms with E-state index in [4.69, 9.17) is 4.74 Å². The zero-order chi connectivity index (χ0) is 10.7. The molecule has 82 valence electrons. The lowest BCUT2D eigenvalue weighted by Gasteiger charge is -2.17. The number of hydrogen-bond acceptors (Lipinski definition) is 3. The smallest absolute Gasteiger partial charge is 0.137 e. The van der Waals surface area contributed by atoms with E-state index in [-0.39, 0.29) is 6.10 Å². The van der Waals surface area contributed by atoms with Crippen LogP contribution in [0.5, 0.6) is 5.75 Å². The quantitative estimate of drug-likeness (QED) is 0.827. The highest BCUT2D eigenvalue weighted by Crippen LogP contribution is 2.35. The molecule has 1 unspecified atom stereocenters. The first kappa shape index (κ1) is 10.4. The Morgan fingerprint density at radius 1 is 1.40 bits per heavy atom. The van der Waals surface area contributed by atoms with Crippen molar-refractivity contribution in [3.05, 3.63) is 24.0 Å². The molecule has 1 heterocycles. The maximum Gasteiger partial charge on any atom is 0.137 e. The van der Waals surface area contributed by atoms with Crippen molar-refractivity contribution in [1.29, 1.82) is 0 Å². The van der Waals surface area contributed by atoms with Crippen LogP contribution in [0.2, 0.25) is 0 Å². The van der Waals surface area contributed by atoms with Crippen molar-refractivity contribution < 1.29 is 9.84 Å². The minimum atomic E-state index is -0.380. The molecule has 0 aliphatic heterocycles. The maximum absolute atomic E-state index is 10.1. The molecule has 0 amide bonds. The van der Waals surface area contributed by atoms with Crippen LogP contribution >= 0.6 is 0 Å². The zero-order valence-electron chi connectivity index (χ0n) is 9.02. The minimum absolute atomic E-state index is 0.380. The monoisotopic (exact) mass is 207 g/mol. The van der Waals surface area contributed by atoms with Gasteiger partial charge in [-0.2, -0.15) is 0 Å². The summed E-state index contributed by atoms with van der Waals surface area (Å²) in [5.74, 6) is 1.11. The highest BCUT2D eigenvalue weighted by molar-refractivity contribution is 5.25. The van der Waals surface area contributed by atoms with E-state index >= 15 is 0 Å². The molecule has 1 aromatic heterocycles. The predicted octanol–water partition coefficient (Wildman–Crippen LogP) is 2.31. The van der Waals surface area contributed by atoms with Crippen LogP contribution in [0, 0.1) is 5.92 Å². The molecule has 1 aliphatic carbocycles. The number of rotatable bonds is 3. The van der Waals surface area contributed by atoms with Crippen LogP contribution in [-0.4, -0.2) is 17.2 Å². The fourth-order valence-electron chi connectivity index (χ4n) is 2.25. The zero-order valence-corrected chi connectivity index (χ0v) is 9.02. The van der Waals surface area contributed by atoms with Crippen molar-refractivity contribution in [2.24, 2.45) is 5.92 Å². The van der Waals surface area contributed by atoms with Gasteiger partial charge in [0.1, 0.15) is 5.75 Å². The van der Waals surface area contributed by atoms with Crippen molar-refractivity contribution in [2.45, 2.75) is 31.8 Å². The molecule has 1 aromatic rings. The van der Waals surface area contributed by atoms with E-state index in [0.717, 1.165) is 18.4 Å². The average molecular weight is 207 g/mol. The summed E-state index contributed by atoms with van der Waals surface area (Å²) in [4.78, 5) is 4.06. The summed E-state index contributed by atoms with van der Waals surface area (Å²) in [6.07, 6.45) is 7.72. The van der Waals surface area contributed by atoms with Gasteiger partial charge in [0.05, 0.1) is 19.4 Å². The average Bonchev–Trinajstić information content (AvgIpc) is 2.81. The van der Waals surface area contributed by atoms with Crippen molar-refractivity contribution in [1.82, 2.24) is 4.98 Å². The van der Waals surface area contributed by atoms with Crippen LogP contribution in [-0.2, 0) is 0 Å². The molecule has 3 heteroatoms. The number of aromatic nitrogens is 1. The summed E-state index contributed by atoms with van der Waals surface area (Å²) in [6.45, 7) is 0. The Kier molecular flexibility index (Phi) is 3.21. The van der Waals surface area contributed by atoms with Crippen LogP contribution in [0.4, 0.5) is 0 Å². The van der Waals surface area contributed by atoms with Gasteiger partial charge < -0.3 is 9.84 Å². The third-order valence-corrected chi connectivity index (χ3v) is 3.16. The largest absolute Gasteiger partial charge is 0.495 e. The molecule has 0 aromatic carbocycles. The molecule has 0 bridgehead atoms. The fourth-order valence-corrected chi connectivity index (χ4v) is 2.25. The minimum Gasteiger partial charge on any atom is -0.495 e. The highest BCUT2D eigenvalue weighted by Gasteiger charge is 2.24. The second-order valence-corrected chi connectivity index (χ2v) is 4.15. The molecule has 15 heavy (non-hydrogen) atoms. The number of hydrogen-bond donors (Lipinski definition) is 1. The highest BCUT2D eigenvalue weighted by atomic mass is 16.5. The van der Waals surface area contributed by atoms with Gasteiger partial charge in [-0.3, -0.25) is 4.98 Å². The molecule has 2 rings (SSSR count). The van der Waals surface area contributed by atoms with Gasteiger partial charge >= 0.3 is 0 Å². The summed E-state index contributed by atoms with van der Waals surface area (Å²) >= 11 is 0. The van der Waals surface area contributed by atoms with Gasteiger partial charge in [0.25, 0.3) is 0 Å². The van der Waals surface area contributed by atoms with Crippen molar-refractivity contribution >= 4 is 0 Å².